The number of hydrogen-bond acceptors (Lipinski definition) is 9. The van der Waals surface area contributed by atoms with Gasteiger partial charge in [0, 0.05) is 36.8 Å². The number of methoxy groups -OCH3 is 1. The molecule has 0 radical (unpaired) electrons. The number of aromatic nitrogens is 3. The van der Waals surface area contributed by atoms with Crippen LogP contribution in [0.4, 0.5) is 42.8 Å². The van der Waals surface area contributed by atoms with Crippen LogP contribution in [0.25, 0.3) is 0 Å². The lowest BCUT2D eigenvalue weighted by atomic mass is 9.92. The minimum Gasteiger partial charge on any atom is -0.493 e. The van der Waals surface area contributed by atoms with Crippen LogP contribution in [-0.2, 0) is 34.8 Å². The summed E-state index contributed by atoms with van der Waals surface area (Å²) < 4.78 is 93.2. The average Bonchev–Trinajstić information content (AvgIpc) is 3.01. The molecule has 0 aliphatic carbocycles. The standard InChI is InChI=1S/C30H31F6N5O6/c1-4-20-13-22(25-21(7-8-23(38-25)46-3)41(20)28(45)47-5-2)40(27-37-14-17(26(44)39-27)6-9-24(42)43)15-16-10-18(29(31,32)33)12-19(11-16)30(34,35)36/h7-8,10-12,14,20,22H,4-6,9,13,15H2,1-3H3,(H,42,43)(H,37,39,44)/t20-,22+/m1/s1. The van der Waals surface area contributed by atoms with Crippen molar-refractivity contribution in [3.8, 4) is 11.8 Å². The van der Waals surface area contributed by atoms with Crippen molar-refractivity contribution in [3.63, 3.8) is 0 Å². The molecular formula is C30H31F6N5O6. The van der Waals surface area contributed by atoms with Crippen molar-refractivity contribution in [2.75, 3.05) is 23.5 Å². The van der Waals surface area contributed by atoms with Crippen LogP contribution in [0.3, 0.4) is 0 Å². The number of carboxylic acid groups (broad SMARTS) is 1. The zero-order chi connectivity index (χ0) is 34.7. The first-order chi connectivity index (χ1) is 22.1. The summed E-state index contributed by atoms with van der Waals surface area (Å²) in [7, 11) is 1.33. The van der Waals surface area contributed by atoms with E-state index >= 15 is 0 Å². The Hall–Kier alpha value is -4.83. The van der Waals surface area contributed by atoms with Crippen molar-refractivity contribution < 1.29 is 55.6 Å². The van der Waals surface area contributed by atoms with E-state index in [2.05, 4.69) is 15.0 Å². The SMILES string of the molecule is CCOC(=O)N1c2ccc(OC)nc2[C@@H](N(Cc2cc(C(F)(F)F)cc(C(F)(F)F)c2)c2ncc(CCC(=O)O)c(O)n2)C[C@H]1CC. The van der Waals surface area contributed by atoms with Gasteiger partial charge in [-0.25, -0.2) is 14.8 Å². The number of aryl methyl sites for hydroxylation is 1. The Morgan fingerprint density at radius 3 is 2.23 bits per heavy atom. The number of hydrogen-bond donors (Lipinski definition) is 2. The highest BCUT2D eigenvalue weighted by Gasteiger charge is 2.42. The smallest absolute Gasteiger partial charge is 0.416 e. The van der Waals surface area contributed by atoms with E-state index < -0.39 is 65.6 Å². The van der Waals surface area contributed by atoms with Crippen LogP contribution in [0.2, 0.25) is 0 Å². The minimum atomic E-state index is -5.11. The molecule has 254 valence electrons. The average molecular weight is 672 g/mol. The lowest BCUT2D eigenvalue weighted by molar-refractivity contribution is -0.143. The van der Waals surface area contributed by atoms with E-state index in [4.69, 9.17) is 14.6 Å². The number of ether oxygens (including phenoxy) is 2. The normalized spacial score (nSPS) is 16.4. The summed E-state index contributed by atoms with van der Waals surface area (Å²) >= 11 is 0. The summed E-state index contributed by atoms with van der Waals surface area (Å²) in [6.07, 6.45) is -9.90. The highest BCUT2D eigenvalue weighted by atomic mass is 19.4. The Balaban J connectivity index is 1.94. The number of carbonyl (C=O) groups excluding carboxylic acids is 1. The van der Waals surface area contributed by atoms with Crippen molar-refractivity contribution in [1.29, 1.82) is 0 Å². The first-order valence-corrected chi connectivity index (χ1v) is 14.4. The molecule has 11 nitrogen and oxygen atoms in total. The summed E-state index contributed by atoms with van der Waals surface area (Å²) in [5.74, 6) is -1.99. The van der Waals surface area contributed by atoms with Crippen LogP contribution < -0.4 is 14.5 Å². The Kier molecular flexibility index (Phi) is 10.3. The fraction of sp³-hybridized carbons (Fsp3) is 0.433. The molecule has 0 saturated carbocycles. The quantitative estimate of drug-likeness (QED) is 0.229. The van der Waals surface area contributed by atoms with Crippen molar-refractivity contribution >= 4 is 23.7 Å². The number of nitrogens with zero attached hydrogens (tertiary/aromatic N) is 5. The van der Waals surface area contributed by atoms with Crippen molar-refractivity contribution in [2.45, 2.75) is 70.5 Å². The number of alkyl halides is 6. The van der Waals surface area contributed by atoms with Crippen LogP contribution >= 0.6 is 0 Å². The third-order valence-corrected chi connectivity index (χ3v) is 7.53. The van der Waals surface area contributed by atoms with Gasteiger partial charge in [-0.3, -0.25) is 9.69 Å². The van der Waals surface area contributed by atoms with Gasteiger partial charge in [0.2, 0.25) is 17.7 Å². The molecule has 1 amide bonds. The van der Waals surface area contributed by atoms with Gasteiger partial charge in [0.05, 0.1) is 42.3 Å². The second-order valence-electron chi connectivity index (χ2n) is 10.6. The van der Waals surface area contributed by atoms with Crippen LogP contribution in [0, 0.1) is 0 Å². The van der Waals surface area contributed by atoms with E-state index in [0.29, 0.717) is 18.6 Å². The first kappa shape index (κ1) is 35.0. The van der Waals surface area contributed by atoms with Crippen LogP contribution in [0.1, 0.15) is 67.1 Å². The fourth-order valence-electron chi connectivity index (χ4n) is 5.32. The highest BCUT2D eigenvalue weighted by molar-refractivity contribution is 5.90. The number of halogens is 6. The molecule has 3 heterocycles. The molecule has 0 saturated heterocycles. The molecule has 1 aromatic carbocycles. The van der Waals surface area contributed by atoms with Gasteiger partial charge in [0.15, 0.2) is 0 Å². The number of aliphatic carboxylic acids is 1. The first-order valence-electron chi connectivity index (χ1n) is 14.4. The molecule has 4 rings (SSSR count). The summed E-state index contributed by atoms with van der Waals surface area (Å²) in [4.78, 5) is 39.6. The van der Waals surface area contributed by atoms with Crippen LogP contribution in [0.5, 0.6) is 11.8 Å². The molecule has 0 bridgehead atoms. The molecule has 2 N–H and O–H groups in total. The van der Waals surface area contributed by atoms with E-state index in [1.165, 1.54) is 29.0 Å². The monoisotopic (exact) mass is 671 g/mol. The van der Waals surface area contributed by atoms with E-state index in [0.717, 1.165) is 6.20 Å². The van der Waals surface area contributed by atoms with Gasteiger partial charge in [-0.1, -0.05) is 6.92 Å². The van der Waals surface area contributed by atoms with Gasteiger partial charge >= 0.3 is 24.4 Å². The molecule has 2 atom stereocenters. The molecule has 47 heavy (non-hydrogen) atoms. The summed E-state index contributed by atoms with van der Waals surface area (Å²) in [5.41, 5.74) is -3.01. The lowest BCUT2D eigenvalue weighted by Gasteiger charge is -2.43. The van der Waals surface area contributed by atoms with Crippen molar-refractivity contribution in [3.05, 3.63) is 64.5 Å². The molecule has 0 fully saturated rings. The van der Waals surface area contributed by atoms with Crippen molar-refractivity contribution in [2.24, 2.45) is 0 Å². The molecule has 1 aliphatic heterocycles. The number of anilines is 2. The molecule has 3 aromatic rings. The number of aromatic hydroxyl groups is 1. The van der Waals surface area contributed by atoms with E-state index in [-0.39, 0.29) is 60.7 Å². The third kappa shape index (κ3) is 7.94. The Morgan fingerprint density at radius 1 is 1.04 bits per heavy atom. The van der Waals surface area contributed by atoms with E-state index in [1.807, 2.05) is 0 Å². The fourth-order valence-corrected chi connectivity index (χ4v) is 5.32. The molecule has 2 aromatic heterocycles. The van der Waals surface area contributed by atoms with E-state index in [1.54, 1.807) is 13.8 Å². The van der Waals surface area contributed by atoms with Crippen LogP contribution in [0.15, 0.2) is 36.5 Å². The molecule has 0 unspecified atom stereocenters. The second kappa shape index (κ2) is 13.9. The maximum atomic E-state index is 13.8. The Morgan fingerprint density at radius 2 is 1.70 bits per heavy atom. The summed E-state index contributed by atoms with van der Waals surface area (Å²) in [6, 6.07) is 2.61. The highest BCUT2D eigenvalue weighted by Crippen LogP contribution is 2.44. The minimum absolute atomic E-state index is 0.0140. The zero-order valence-electron chi connectivity index (χ0n) is 25.4. The van der Waals surface area contributed by atoms with Crippen molar-refractivity contribution in [1.82, 2.24) is 15.0 Å². The van der Waals surface area contributed by atoms with Gasteiger partial charge in [-0.05, 0) is 56.0 Å². The maximum Gasteiger partial charge on any atom is 0.416 e. The molecule has 17 heteroatoms. The van der Waals surface area contributed by atoms with Gasteiger partial charge in [0.1, 0.15) is 0 Å². The van der Waals surface area contributed by atoms with E-state index in [9.17, 15) is 41.0 Å². The number of amides is 1. The van der Waals surface area contributed by atoms with Gasteiger partial charge in [-0.2, -0.15) is 31.3 Å². The topological polar surface area (TPSA) is 138 Å². The maximum absolute atomic E-state index is 13.8. The van der Waals surface area contributed by atoms with Gasteiger partial charge in [0.25, 0.3) is 0 Å². The third-order valence-electron chi connectivity index (χ3n) is 7.53. The predicted octanol–water partition coefficient (Wildman–Crippen LogP) is 6.53. The number of benzene rings is 1. The zero-order valence-corrected chi connectivity index (χ0v) is 25.4. The number of carbonyl (C=O) groups is 2. The predicted molar refractivity (Wildman–Crippen MR) is 154 cm³/mol. The largest absolute Gasteiger partial charge is 0.493 e. The number of fused-ring (bicyclic) bond motifs is 1. The molecule has 1 aliphatic rings. The molecule has 0 spiro atoms. The Labute approximate surface area is 264 Å². The van der Waals surface area contributed by atoms with Crippen LogP contribution in [-0.4, -0.2) is 57.0 Å². The Bertz CT molecular complexity index is 1590. The number of pyridine rings is 1. The summed E-state index contributed by atoms with van der Waals surface area (Å²) in [5, 5.41) is 19.7. The second-order valence-corrected chi connectivity index (χ2v) is 10.6. The molecular weight excluding hydrogens is 640 g/mol. The lowest BCUT2D eigenvalue weighted by Crippen LogP contribution is -2.48. The van der Waals surface area contributed by atoms with Gasteiger partial charge < -0.3 is 24.6 Å². The van der Waals surface area contributed by atoms with Gasteiger partial charge in [-0.15, -0.1) is 0 Å². The summed E-state index contributed by atoms with van der Waals surface area (Å²) in [6.45, 7) is 2.83. The number of carboxylic acids is 1. The number of rotatable bonds is 10.